The summed E-state index contributed by atoms with van der Waals surface area (Å²) in [7, 11) is 0. The number of nitrogens with zero attached hydrogens (tertiary/aromatic N) is 1. The van der Waals surface area contributed by atoms with Crippen LogP contribution in [-0.4, -0.2) is 32.9 Å². The van der Waals surface area contributed by atoms with Crippen LogP contribution in [0.15, 0.2) is 45.8 Å². The second-order valence-electron chi connectivity index (χ2n) is 6.11. The van der Waals surface area contributed by atoms with Gasteiger partial charge in [0.1, 0.15) is 0 Å². The number of aromatic hydroxyl groups is 1. The number of hydrogen-bond acceptors (Lipinski definition) is 6. The van der Waals surface area contributed by atoms with Crippen LogP contribution in [0.2, 0.25) is 0 Å². The van der Waals surface area contributed by atoms with Crippen LogP contribution in [-0.2, 0) is 4.79 Å². The number of carbonyl (C=O) groups excluding carboxylic acids is 2. The number of carbonyl (C=O) groups is 2. The van der Waals surface area contributed by atoms with E-state index >= 15 is 0 Å². The van der Waals surface area contributed by atoms with Crippen LogP contribution in [0, 0.1) is 6.92 Å². The standard InChI is InChI=1S/C20H17BrN2O4S2/c1-3-27-15-9-12(8-14(21)17(15)24)10-16-19(26)23(20(28)29-16)22-18(25)13-6-4-11(2)5-7-13/h4-10,24H,3H2,1-2H3,(H,22,25)/b16-10-. The number of hydrogen-bond donors (Lipinski definition) is 2. The van der Waals surface area contributed by atoms with Gasteiger partial charge in [0.05, 0.1) is 16.0 Å². The van der Waals surface area contributed by atoms with E-state index in [4.69, 9.17) is 17.0 Å². The molecule has 1 aliphatic heterocycles. The van der Waals surface area contributed by atoms with E-state index in [1.54, 1.807) is 30.3 Å². The molecule has 0 saturated carbocycles. The lowest BCUT2D eigenvalue weighted by Gasteiger charge is -2.15. The molecular formula is C20H17BrN2O4S2. The molecule has 0 spiro atoms. The quantitative estimate of drug-likeness (QED) is 0.475. The number of thioether (sulfide) groups is 1. The van der Waals surface area contributed by atoms with Crippen molar-refractivity contribution in [2.45, 2.75) is 13.8 Å². The molecule has 2 aromatic rings. The fourth-order valence-electron chi connectivity index (χ4n) is 2.53. The lowest BCUT2D eigenvalue weighted by Crippen LogP contribution is -2.44. The molecule has 1 fully saturated rings. The summed E-state index contributed by atoms with van der Waals surface area (Å²) < 4.78 is 6.08. The van der Waals surface area contributed by atoms with Crippen molar-refractivity contribution in [3.63, 3.8) is 0 Å². The summed E-state index contributed by atoms with van der Waals surface area (Å²) in [5.41, 5.74) is 4.65. The van der Waals surface area contributed by atoms with E-state index in [0.717, 1.165) is 22.3 Å². The Kier molecular flexibility index (Phi) is 6.61. The molecule has 2 amide bonds. The van der Waals surface area contributed by atoms with Gasteiger partial charge in [-0.2, -0.15) is 5.01 Å². The van der Waals surface area contributed by atoms with Gasteiger partial charge in [-0.25, -0.2) is 0 Å². The van der Waals surface area contributed by atoms with Gasteiger partial charge in [0.2, 0.25) is 0 Å². The van der Waals surface area contributed by atoms with Crippen LogP contribution in [0.4, 0.5) is 0 Å². The molecule has 0 radical (unpaired) electrons. The number of ether oxygens (including phenoxy) is 1. The Morgan fingerprint density at radius 1 is 1.34 bits per heavy atom. The molecule has 2 aromatic carbocycles. The smallest absolute Gasteiger partial charge is 0.285 e. The molecule has 0 atom stereocenters. The first-order valence-corrected chi connectivity index (χ1v) is 10.6. The summed E-state index contributed by atoms with van der Waals surface area (Å²) in [6.07, 6.45) is 1.63. The number of hydrazine groups is 1. The largest absolute Gasteiger partial charge is 0.503 e. The molecule has 6 nitrogen and oxygen atoms in total. The van der Waals surface area contributed by atoms with Crippen LogP contribution >= 0.6 is 39.9 Å². The highest BCUT2D eigenvalue weighted by Crippen LogP contribution is 2.38. The Morgan fingerprint density at radius 3 is 2.69 bits per heavy atom. The molecule has 1 heterocycles. The highest BCUT2D eigenvalue weighted by molar-refractivity contribution is 9.10. The van der Waals surface area contributed by atoms with Crippen molar-refractivity contribution >= 4 is 62.1 Å². The van der Waals surface area contributed by atoms with Gasteiger partial charge in [-0.05, 0) is 77.9 Å². The van der Waals surface area contributed by atoms with Crippen LogP contribution in [0.3, 0.4) is 0 Å². The Hall–Kier alpha value is -2.36. The molecule has 0 aliphatic carbocycles. The maximum atomic E-state index is 12.7. The number of amides is 2. The Morgan fingerprint density at radius 2 is 2.03 bits per heavy atom. The molecular weight excluding hydrogens is 476 g/mol. The number of phenols is 1. The van der Waals surface area contributed by atoms with Crippen molar-refractivity contribution in [2.75, 3.05) is 6.61 Å². The first-order valence-electron chi connectivity index (χ1n) is 8.61. The van der Waals surface area contributed by atoms with Gasteiger partial charge in [0.25, 0.3) is 11.8 Å². The number of phenolic OH excluding ortho intramolecular Hbond substituents is 1. The molecule has 0 bridgehead atoms. The maximum absolute atomic E-state index is 12.7. The highest BCUT2D eigenvalue weighted by Gasteiger charge is 2.33. The SMILES string of the molecule is CCOc1cc(/C=C2\SC(=S)N(NC(=O)c3ccc(C)cc3)C2=O)cc(Br)c1O. The second-order valence-corrected chi connectivity index (χ2v) is 8.64. The predicted molar refractivity (Wildman–Crippen MR) is 121 cm³/mol. The van der Waals surface area contributed by atoms with Crippen molar-refractivity contribution in [1.29, 1.82) is 0 Å². The number of aryl methyl sites for hydroxylation is 1. The van der Waals surface area contributed by atoms with Crippen LogP contribution in [0.1, 0.15) is 28.4 Å². The van der Waals surface area contributed by atoms with Gasteiger partial charge in [-0.1, -0.05) is 29.5 Å². The highest BCUT2D eigenvalue weighted by atomic mass is 79.9. The molecule has 1 aliphatic rings. The average molecular weight is 493 g/mol. The minimum absolute atomic E-state index is 0.0121. The summed E-state index contributed by atoms with van der Waals surface area (Å²) in [6.45, 7) is 4.12. The summed E-state index contributed by atoms with van der Waals surface area (Å²) in [4.78, 5) is 25.5. The third-order valence-corrected chi connectivity index (χ3v) is 5.88. The zero-order valence-electron chi connectivity index (χ0n) is 15.6. The van der Waals surface area contributed by atoms with E-state index < -0.39 is 11.8 Å². The van der Waals surface area contributed by atoms with Crippen LogP contribution in [0.5, 0.6) is 11.5 Å². The van der Waals surface area contributed by atoms with Gasteiger partial charge < -0.3 is 9.84 Å². The lowest BCUT2D eigenvalue weighted by molar-refractivity contribution is -0.123. The minimum Gasteiger partial charge on any atom is -0.503 e. The van der Waals surface area contributed by atoms with Crippen molar-refractivity contribution in [3.8, 4) is 11.5 Å². The van der Waals surface area contributed by atoms with E-state index in [1.165, 1.54) is 0 Å². The average Bonchev–Trinajstić information content (AvgIpc) is 2.93. The van der Waals surface area contributed by atoms with Crippen LogP contribution in [0.25, 0.3) is 6.08 Å². The number of nitrogens with one attached hydrogen (secondary N) is 1. The van der Waals surface area contributed by atoms with Crippen molar-refractivity contribution in [3.05, 3.63) is 62.5 Å². The van der Waals surface area contributed by atoms with Gasteiger partial charge >= 0.3 is 0 Å². The minimum atomic E-state index is -0.428. The van der Waals surface area contributed by atoms with Gasteiger partial charge in [0.15, 0.2) is 15.8 Å². The zero-order valence-corrected chi connectivity index (χ0v) is 18.8. The first kappa shape index (κ1) is 21.4. The molecule has 0 aromatic heterocycles. The fourth-order valence-corrected chi connectivity index (χ4v) is 4.17. The van der Waals surface area contributed by atoms with Crippen LogP contribution < -0.4 is 10.2 Å². The maximum Gasteiger partial charge on any atom is 0.285 e. The Labute approximate surface area is 186 Å². The fraction of sp³-hybridized carbons (Fsp3) is 0.150. The number of benzene rings is 2. The van der Waals surface area contributed by atoms with Gasteiger partial charge in [0, 0.05) is 5.56 Å². The molecule has 3 rings (SSSR count). The molecule has 0 unspecified atom stereocenters. The third-order valence-electron chi connectivity index (χ3n) is 3.97. The predicted octanol–water partition coefficient (Wildman–Crippen LogP) is 4.41. The van der Waals surface area contributed by atoms with Gasteiger partial charge in [-0.15, -0.1) is 0 Å². The van der Waals surface area contributed by atoms with Crippen molar-refractivity contribution < 1.29 is 19.4 Å². The topological polar surface area (TPSA) is 78.9 Å². The summed E-state index contributed by atoms with van der Waals surface area (Å²) in [5.74, 6) is -0.561. The number of halogens is 1. The number of thiocarbonyl (C=S) groups is 1. The van der Waals surface area contributed by atoms with Gasteiger partial charge in [-0.3, -0.25) is 15.0 Å². The summed E-state index contributed by atoms with van der Waals surface area (Å²) in [5, 5.41) is 11.1. The molecule has 9 heteroatoms. The van der Waals surface area contributed by atoms with Crippen molar-refractivity contribution in [2.24, 2.45) is 0 Å². The zero-order chi connectivity index (χ0) is 21.1. The Balaban J connectivity index is 1.81. The third kappa shape index (κ3) is 4.80. The molecule has 150 valence electrons. The molecule has 2 N–H and O–H groups in total. The lowest BCUT2D eigenvalue weighted by atomic mass is 10.1. The molecule has 29 heavy (non-hydrogen) atoms. The number of rotatable bonds is 5. The van der Waals surface area contributed by atoms with E-state index in [2.05, 4.69) is 21.4 Å². The van der Waals surface area contributed by atoms with E-state index in [9.17, 15) is 14.7 Å². The molecule has 1 saturated heterocycles. The monoisotopic (exact) mass is 492 g/mol. The summed E-state index contributed by atoms with van der Waals surface area (Å²) >= 11 is 9.61. The van der Waals surface area contributed by atoms with E-state index in [-0.39, 0.29) is 10.1 Å². The summed E-state index contributed by atoms with van der Waals surface area (Å²) in [6, 6.07) is 10.3. The normalized spacial score (nSPS) is 15.1. The van der Waals surface area contributed by atoms with Crippen molar-refractivity contribution in [1.82, 2.24) is 10.4 Å². The van der Waals surface area contributed by atoms with E-state index in [1.807, 2.05) is 26.0 Å². The second kappa shape index (κ2) is 8.98. The first-order chi connectivity index (χ1) is 13.8. The Bertz CT molecular complexity index is 1020. The van der Waals surface area contributed by atoms with E-state index in [0.29, 0.717) is 32.9 Å².